The van der Waals surface area contributed by atoms with Gasteiger partial charge in [0.2, 0.25) is 5.91 Å². The average Bonchev–Trinajstić information content (AvgIpc) is 2.69. The van der Waals surface area contributed by atoms with Crippen molar-refractivity contribution in [2.75, 3.05) is 13.6 Å². The fraction of sp³-hybridized carbons (Fsp3) is 0.250. The van der Waals surface area contributed by atoms with Crippen LogP contribution in [0.5, 0.6) is 0 Å². The Hall–Kier alpha value is -2.44. The Bertz CT molecular complexity index is 638. The molecule has 0 aromatic carbocycles. The lowest BCUT2D eigenvalue weighted by Crippen LogP contribution is -2.33. The quantitative estimate of drug-likeness (QED) is 0.876. The van der Waals surface area contributed by atoms with Crippen molar-refractivity contribution in [3.63, 3.8) is 0 Å². The second-order valence-corrected chi connectivity index (χ2v) is 4.17. The average molecular weight is 265 g/mol. The second-order valence-electron chi connectivity index (χ2n) is 4.17. The number of pyridine rings is 1. The van der Waals surface area contributed by atoms with Gasteiger partial charge in [-0.25, -0.2) is 9.37 Å². The number of carbonyl (C=O) groups excluding carboxylic acids is 1. The minimum Gasteiger partial charge on any atom is -0.480 e. The maximum Gasteiger partial charge on any atom is 0.323 e. The van der Waals surface area contributed by atoms with Gasteiger partial charge in [0.05, 0.1) is 12.1 Å². The Balaban J connectivity index is 2.12. The highest BCUT2D eigenvalue weighted by Crippen LogP contribution is 2.08. The molecule has 6 nitrogen and oxygen atoms in total. The molecular formula is C12H12FN3O3. The van der Waals surface area contributed by atoms with Crippen molar-refractivity contribution >= 4 is 17.5 Å². The molecule has 0 radical (unpaired) electrons. The van der Waals surface area contributed by atoms with Gasteiger partial charge in [-0.1, -0.05) is 0 Å². The molecule has 0 aliphatic heterocycles. The highest BCUT2D eigenvalue weighted by Gasteiger charge is 2.14. The second kappa shape index (κ2) is 5.05. The molecule has 0 saturated heterocycles. The first-order valence-corrected chi connectivity index (χ1v) is 5.54. The van der Waals surface area contributed by atoms with E-state index in [2.05, 4.69) is 4.98 Å². The van der Waals surface area contributed by atoms with E-state index in [9.17, 15) is 14.0 Å². The molecule has 0 aliphatic carbocycles. The summed E-state index contributed by atoms with van der Waals surface area (Å²) in [4.78, 5) is 27.5. The summed E-state index contributed by atoms with van der Waals surface area (Å²) in [7, 11) is 1.41. The zero-order chi connectivity index (χ0) is 14.0. The van der Waals surface area contributed by atoms with Crippen LogP contribution in [0.3, 0.4) is 0 Å². The molecule has 0 atom stereocenters. The normalized spacial score (nSPS) is 10.6. The van der Waals surface area contributed by atoms with Crippen LogP contribution in [0.15, 0.2) is 24.5 Å². The van der Waals surface area contributed by atoms with E-state index in [0.717, 1.165) is 4.90 Å². The number of carboxylic acid groups (broad SMARTS) is 1. The molecule has 0 unspecified atom stereocenters. The largest absolute Gasteiger partial charge is 0.480 e. The molecule has 1 N–H and O–H groups in total. The Kier molecular flexibility index (Phi) is 3.46. The summed E-state index contributed by atoms with van der Waals surface area (Å²) in [6.45, 7) is -0.360. The first-order valence-electron chi connectivity index (χ1n) is 5.54. The van der Waals surface area contributed by atoms with Crippen molar-refractivity contribution in [1.82, 2.24) is 14.3 Å². The number of carbonyl (C=O) groups is 2. The van der Waals surface area contributed by atoms with Crippen LogP contribution in [0.25, 0.3) is 5.65 Å². The van der Waals surface area contributed by atoms with Crippen molar-refractivity contribution in [2.24, 2.45) is 0 Å². The highest BCUT2D eigenvalue weighted by atomic mass is 19.1. The smallest absolute Gasteiger partial charge is 0.323 e. The first-order chi connectivity index (χ1) is 8.95. The number of aliphatic carboxylic acids is 1. The summed E-state index contributed by atoms with van der Waals surface area (Å²) in [5.41, 5.74) is 0.998. The van der Waals surface area contributed by atoms with E-state index >= 15 is 0 Å². The minimum atomic E-state index is -1.08. The highest BCUT2D eigenvalue weighted by molar-refractivity contribution is 5.82. The van der Waals surface area contributed by atoms with Gasteiger partial charge in [0, 0.05) is 19.4 Å². The van der Waals surface area contributed by atoms with Gasteiger partial charge >= 0.3 is 5.97 Å². The zero-order valence-electron chi connectivity index (χ0n) is 10.2. The molecule has 2 aromatic heterocycles. The number of imidazole rings is 1. The Morgan fingerprint density at radius 1 is 1.42 bits per heavy atom. The number of hydrogen-bond acceptors (Lipinski definition) is 3. The van der Waals surface area contributed by atoms with E-state index < -0.39 is 11.8 Å². The fourth-order valence-corrected chi connectivity index (χ4v) is 1.68. The third-order valence-electron chi connectivity index (χ3n) is 2.60. The van der Waals surface area contributed by atoms with E-state index in [1.165, 1.54) is 29.8 Å². The van der Waals surface area contributed by atoms with Crippen LogP contribution >= 0.6 is 0 Å². The van der Waals surface area contributed by atoms with Crippen molar-refractivity contribution in [3.8, 4) is 0 Å². The molecule has 0 saturated carbocycles. The van der Waals surface area contributed by atoms with Crippen molar-refractivity contribution in [3.05, 3.63) is 36.0 Å². The lowest BCUT2D eigenvalue weighted by molar-refractivity contribution is -0.143. The summed E-state index contributed by atoms with van der Waals surface area (Å²) >= 11 is 0. The van der Waals surface area contributed by atoms with Gasteiger partial charge < -0.3 is 14.4 Å². The van der Waals surface area contributed by atoms with Crippen molar-refractivity contribution in [1.29, 1.82) is 0 Å². The van der Waals surface area contributed by atoms with E-state index in [-0.39, 0.29) is 18.9 Å². The maximum absolute atomic E-state index is 13.0. The van der Waals surface area contributed by atoms with Crippen molar-refractivity contribution < 1.29 is 19.1 Å². The van der Waals surface area contributed by atoms with Crippen LogP contribution in [0, 0.1) is 5.82 Å². The van der Waals surface area contributed by atoms with E-state index in [4.69, 9.17) is 5.11 Å². The lowest BCUT2D eigenvalue weighted by atomic mass is 10.3. The molecule has 1 amide bonds. The third kappa shape index (κ3) is 3.06. The molecule has 0 aliphatic rings. The SMILES string of the molecule is CN(CC(=O)O)C(=O)Cc1cn2cc(F)ccc2n1. The molecule has 2 rings (SSSR count). The van der Waals surface area contributed by atoms with Gasteiger partial charge in [0.15, 0.2) is 0 Å². The first kappa shape index (κ1) is 13.0. The van der Waals surface area contributed by atoms with Gasteiger partial charge in [-0.15, -0.1) is 0 Å². The lowest BCUT2D eigenvalue weighted by Gasteiger charge is -2.13. The van der Waals surface area contributed by atoms with E-state index in [1.54, 1.807) is 6.20 Å². The summed E-state index contributed by atoms with van der Waals surface area (Å²) in [6.07, 6.45) is 2.79. The van der Waals surface area contributed by atoms with Crippen LogP contribution < -0.4 is 0 Å². The number of aromatic nitrogens is 2. The minimum absolute atomic E-state index is 0.0208. The molecule has 19 heavy (non-hydrogen) atoms. The number of nitrogens with zero attached hydrogens (tertiary/aromatic N) is 3. The van der Waals surface area contributed by atoms with Gasteiger partial charge in [0.25, 0.3) is 0 Å². The Morgan fingerprint density at radius 3 is 2.84 bits per heavy atom. The molecule has 0 bridgehead atoms. The Labute approximate surface area is 108 Å². The van der Waals surface area contributed by atoms with Gasteiger partial charge in [-0.05, 0) is 12.1 Å². The van der Waals surface area contributed by atoms with E-state index in [0.29, 0.717) is 11.3 Å². The summed E-state index contributed by atoms with van der Waals surface area (Å²) in [5.74, 6) is -1.83. The summed E-state index contributed by atoms with van der Waals surface area (Å²) in [6, 6.07) is 2.79. The van der Waals surface area contributed by atoms with Crippen LogP contribution in [0.4, 0.5) is 4.39 Å². The maximum atomic E-state index is 13.0. The monoisotopic (exact) mass is 265 g/mol. The molecule has 2 aromatic rings. The van der Waals surface area contributed by atoms with Gasteiger partial charge in [-0.3, -0.25) is 9.59 Å². The van der Waals surface area contributed by atoms with Crippen LogP contribution in [0.1, 0.15) is 5.69 Å². The number of likely N-dealkylation sites (N-methyl/N-ethyl adjacent to an activating group) is 1. The number of rotatable bonds is 4. The molecule has 0 spiro atoms. The summed E-state index contributed by atoms with van der Waals surface area (Å²) in [5, 5.41) is 8.59. The van der Waals surface area contributed by atoms with E-state index in [1.807, 2.05) is 0 Å². The van der Waals surface area contributed by atoms with Crippen LogP contribution in [-0.4, -0.2) is 44.9 Å². The van der Waals surface area contributed by atoms with Crippen LogP contribution in [-0.2, 0) is 16.0 Å². The van der Waals surface area contributed by atoms with Crippen molar-refractivity contribution in [2.45, 2.75) is 6.42 Å². The Morgan fingerprint density at radius 2 is 2.16 bits per heavy atom. The van der Waals surface area contributed by atoms with Gasteiger partial charge in [-0.2, -0.15) is 0 Å². The number of amides is 1. The zero-order valence-corrected chi connectivity index (χ0v) is 10.2. The number of fused-ring (bicyclic) bond motifs is 1. The molecule has 0 fully saturated rings. The third-order valence-corrected chi connectivity index (χ3v) is 2.60. The molecular weight excluding hydrogens is 253 g/mol. The molecule has 2 heterocycles. The predicted molar refractivity (Wildman–Crippen MR) is 64.1 cm³/mol. The predicted octanol–water partition coefficient (Wildman–Crippen LogP) is 0.559. The topological polar surface area (TPSA) is 74.9 Å². The standard InChI is InChI=1S/C12H12FN3O3/c1-15(7-12(18)19)11(17)4-9-6-16-5-8(13)2-3-10(16)14-9/h2-3,5-6H,4,7H2,1H3,(H,18,19). The van der Waals surface area contributed by atoms with Crippen LogP contribution in [0.2, 0.25) is 0 Å². The number of halogens is 1. The number of hydrogen-bond donors (Lipinski definition) is 1. The fourth-order valence-electron chi connectivity index (χ4n) is 1.68. The summed E-state index contributed by atoms with van der Waals surface area (Å²) < 4.78 is 14.5. The molecule has 100 valence electrons. The number of carboxylic acids is 1. The molecule has 7 heteroatoms. The van der Waals surface area contributed by atoms with Gasteiger partial charge in [0.1, 0.15) is 18.0 Å².